The van der Waals surface area contributed by atoms with Crippen molar-refractivity contribution in [2.75, 3.05) is 19.0 Å². The Morgan fingerprint density at radius 1 is 1.06 bits per heavy atom. The summed E-state index contributed by atoms with van der Waals surface area (Å²) in [6.07, 6.45) is 0.870. The molecule has 33 heavy (non-hydrogen) atoms. The summed E-state index contributed by atoms with van der Waals surface area (Å²) in [4.78, 5) is 25.6. The van der Waals surface area contributed by atoms with Crippen LogP contribution in [0.3, 0.4) is 0 Å². The molecule has 1 aliphatic rings. The highest BCUT2D eigenvalue weighted by Gasteiger charge is 2.13. The summed E-state index contributed by atoms with van der Waals surface area (Å²) < 4.78 is 16.7. The van der Waals surface area contributed by atoms with E-state index in [1.54, 1.807) is 48.2 Å². The van der Waals surface area contributed by atoms with Gasteiger partial charge in [0.2, 0.25) is 0 Å². The quantitative estimate of drug-likeness (QED) is 0.140. The Morgan fingerprint density at radius 2 is 1.73 bits per heavy atom. The first-order valence-electron chi connectivity index (χ1n) is 10.1. The first-order valence-corrected chi connectivity index (χ1v) is 11.1. The summed E-state index contributed by atoms with van der Waals surface area (Å²) in [5, 5.41) is 16.7. The molecule has 2 aromatic rings. The second kappa shape index (κ2) is 14.0. The number of guanidine groups is 1. The minimum Gasteiger partial charge on any atom is -0.652 e. The van der Waals surface area contributed by atoms with Crippen molar-refractivity contribution < 1.29 is 34.0 Å². The van der Waals surface area contributed by atoms with Crippen LogP contribution in [0.5, 0.6) is 5.75 Å². The molecule has 0 aromatic heterocycles. The van der Waals surface area contributed by atoms with Gasteiger partial charge in [-0.25, -0.2) is 9.79 Å². The number of thioether (sulfide) groups is 1. The Morgan fingerprint density at radius 3 is 2.30 bits per heavy atom. The third-order valence-corrected chi connectivity index (χ3v) is 5.17. The molecule has 10 nitrogen and oxygen atoms in total. The summed E-state index contributed by atoms with van der Waals surface area (Å²) in [5.41, 5.74) is 11.6. The summed E-state index contributed by atoms with van der Waals surface area (Å²) in [5.74, 6) is 0.843. The Balaban J connectivity index is 0.000000890. The first-order chi connectivity index (χ1) is 15.8. The van der Waals surface area contributed by atoms with Gasteiger partial charge >= 0.3 is 5.97 Å². The number of carbonyl (C=O) groups excluding carboxylic acids is 2. The van der Waals surface area contributed by atoms with E-state index >= 15 is 0 Å². The predicted molar refractivity (Wildman–Crippen MR) is 119 cm³/mol. The molecule has 4 N–H and O–H groups in total. The van der Waals surface area contributed by atoms with Crippen molar-refractivity contribution in [2.45, 2.75) is 30.4 Å². The van der Waals surface area contributed by atoms with Gasteiger partial charge in [-0.3, -0.25) is 0 Å². The number of hydrogen-bond acceptors (Lipinski definition) is 9. The summed E-state index contributed by atoms with van der Waals surface area (Å²) >= 11 is 1.69. The molecule has 1 unspecified atom stereocenters. The fraction of sp³-hybridized carbons (Fsp3) is 0.318. The molecule has 1 saturated heterocycles. The van der Waals surface area contributed by atoms with Gasteiger partial charge in [-0.1, -0.05) is 0 Å². The minimum absolute atomic E-state index is 0.0350. The summed E-state index contributed by atoms with van der Waals surface area (Å²) in [7, 11) is 0. The zero-order valence-electron chi connectivity index (χ0n) is 17.8. The van der Waals surface area contributed by atoms with Gasteiger partial charge in [0.05, 0.1) is 17.9 Å². The zero-order valence-corrected chi connectivity index (χ0v) is 18.6. The van der Waals surface area contributed by atoms with Crippen LogP contribution in [0.1, 0.15) is 29.6 Å². The highest BCUT2D eigenvalue weighted by Crippen LogP contribution is 2.23. The second-order valence-electron chi connectivity index (χ2n) is 6.71. The summed E-state index contributed by atoms with van der Waals surface area (Å²) in [6.45, 7) is 1.43. The fourth-order valence-electron chi connectivity index (χ4n) is 2.77. The molecule has 3 rings (SSSR count). The van der Waals surface area contributed by atoms with Crippen LogP contribution in [0, 0.1) is 0 Å². The maximum Gasteiger partial charge on any atom is 0.343 e. The number of esters is 1. The molecule has 11 heteroatoms. The molecule has 1 heterocycles. The van der Waals surface area contributed by atoms with Crippen LogP contribution in [0.2, 0.25) is 0 Å². The largest absolute Gasteiger partial charge is 0.652 e. The Labute approximate surface area is 195 Å². The van der Waals surface area contributed by atoms with Crippen molar-refractivity contribution in [3.05, 3.63) is 54.1 Å². The number of hydrogen-bond donors (Lipinski definition) is 2. The number of nitrogens with two attached hydrogens (primary N) is 2. The lowest BCUT2D eigenvalue weighted by molar-refractivity contribution is -0.415. The molecule has 1 atom stereocenters. The highest BCUT2D eigenvalue weighted by atomic mass is 32.2. The molecule has 0 saturated carbocycles. The normalized spacial score (nSPS) is 15.0. The summed E-state index contributed by atoms with van der Waals surface area (Å²) in [6, 6.07) is 13.9. The number of benzene rings is 2. The van der Waals surface area contributed by atoms with Gasteiger partial charge in [-0.2, -0.15) is 0 Å². The van der Waals surface area contributed by atoms with Gasteiger partial charge in [-0.05, 0) is 73.9 Å². The van der Waals surface area contributed by atoms with Gasteiger partial charge in [0.1, 0.15) is 5.75 Å². The van der Waals surface area contributed by atoms with Crippen LogP contribution in [-0.2, 0) is 9.47 Å². The van der Waals surface area contributed by atoms with Gasteiger partial charge in [0.15, 0.2) is 12.2 Å². The van der Waals surface area contributed by atoms with Crippen LogP contribution in [0.25, 0.3) is 0 Å². The van der Waals surface area contributed by atoms with Crippen LogP contribution < -0.4 is 26.4 Å². The SMILES string of the molecule is NC(N)=Nc1ccc(C(=O)Oc2ccc(SCCOC3CCCCO3)cc2)cc1.O=C([O-])[O-]. The van der Waals surface area contributed by atoms with E-state index < -0.39 is 12.1 Å². The number of rotatable bonds is 8. The van der Waals surface area contributed by atoms with Crippen molar-refractivity contribution in [3.8, 4) is 5.75 Å². The first kappa shape index (κ1) is 26.0. The van der Waals surface area contributed by atoms with Crippen molar-refractivity contribution >= 4 is 35.5 Å². The monoisotopic (exact) mass is 475 g/mol. The van der Waals surface area contributed by atoms with E-state index in [0.717, 1.165) is 30.1 Å². The molecule has 0 amide bonds. The fourth-order valence-corrected chi connectivity index (χ4v) is 3.52. The Hall–Kier alpha value is -3.28. The van der Waals surface area contributed by atoms with E-state index in [4.69, 9.17) is 40.7 Å². The molecule has 2 aromatic carbocycles. The predicted octanol–water partition coefficient (Wildman–Crippen LogP) is 0.999. The van der Waals surface area contributed by atoms with Gasteiger partial charge in [-0.15, -0.1) is 11.8 Å². The van der Waals surface area contributed by atoms with Crippen LogP contribution in [0.4, 0.5) is 10.5 Å². The van der Waals surface area contributed by atoms with Crippen molar-refractivity contribution in [1.29, 1.82) is 0 Å². The lowest BCUT2D eigenvalue weighted by atomic mass is 10.2. The number of nitrogens with zero attached hydrogens (tertiary/aromatic N) is 1. The molecular formula is C22H25N3O7S-2. The molecule has 0 aliphatic carbocycles. The van der Waals surface area contributed by atoms with E-state index in [1.165, 1.54) is 6.42 Å². The average molecular weight is 476 g/mol. The number of carbonyl (C=O) groups is 2. The average Bonchev–Trinajstić information content (AvgIpc) is 2.78. The number of aliphatic imine (C=N–C) groups is 1. The number of carboxylic acid groups (broad SMARTS) is 2. The van der Waals surface area contributed by atoms with Crippen molar-refractivity contribution in [1.82, 2.24) is 0 Å². The van der Waals surface area contributed by atoms with E-state index in [2.05, 4.69) is 4.99 Å². The minimum atomic E-state index is -2.33. The zero-order chi connectivity index (χ0) is 24.1. The van der Waals surface area contributed by atoms with Gasteiger partial charge < -0.3 is 40.7 Å². The molecule has 0 spiro atoms. The molecule has 1 fully saturated rings. The molecule has 178 valence electrons. The smallest absolute Gasteiger partial charge is 0.343 e. The van der Waals surface area contributed by atoms with E-state index in [0.29, 0.717) is 23.6 Å². The standard InChI is InChI=1S/C21H25N3O4S.CH2O3/c22-21(23)24-16-6-4-15(5-7-16)20(25)28-17-8-10-18(11-9-17)29-14-13-27-19-3-1-2-12-26-19;2-1(3)4/h4-11,19H,1-3,12-14H2,(H4,22,23,24);(H2,2,3,4)/p-2. The Bertz CT molecular complexity index is 907. The maximum absolute atomic E-state index is 12.3. The molecule has 0 radical (unpaired) electrons. The molecular weight excluding hydrogens is 450 g/mol. The Kier molecular flexibility index (Phi) is 11.0. The lowest BCUT2D eigenvalue weighted by Gasteiger charge is -2.22. The third-order valence-electron chi connectivity index (χ3n) is 4.19. The van der Waals surface area contributed by atoms with Crippen LogP contribution >= 0.6 is 11.8 Å². The maximum atomic E-state index is 12.3. The lowest BCUT2D eigenvalue weighted by Crippen LogP contribution is -2.37. The van der Waals surface area contributed by atoms with Gasteiger partial charge in [0.25, 0.3) is 0 Å². The van der Waals surface area contributed by atoms with Gasteiger partial charge in [0, 0.05) is 17.3 Å². The van der Waals surface area contributed by atoms with E-state index in [1.807, 2.05) is 12.1 Å². The topological polar surface area (TPSA) is 172 Å². The molecule has 0 bridgehead atoms. The number of ether oxygens (including phenoxy) is 3. The van der Waals surface area contributed by atoms with E-state index in [-0.39, 0.29) is 12.2 Å². The highest BCUT2D eigenvalue weighted by molar-refractivity contribution is 7.99. The second-order valence-corrected chi connectivity index (χ2v) is 7.88. The third kappa shape index (κ3) is 10.7. The van der Waals surface area contributed by atoms with Crippen LogP contribution in [0.15, 0.2) is 58.4 Å². The van der Waals surface area contributed by atoms with Crippen molar-refractivity contribution in [3.63, 3.8) is 0 Å². The van der Waals surface area contributed by atoms with E-state index in [9.17, 15) is 4.79 Å². The van der Waals surface area contributed by atoms with Crippen LogP contribution in [-0.4, -0.2) is 43.3 Å². The van der Waals surface area contributed by atoms with Crippen molar-refractivity contribution in [2.24, 2.45) is 16.5 Å². The molecule has 1 aliphatic heterocycles.